The first-order chi connectivity index (χ1) is 9.66. The van der Waals surface area contributed by atoms with Gasteiger partial charge in [0, 0.05) is 6.20 Å². The summed E-state index contributed by atoms with van der Waals surface area (Å²) in [6.45, 7) is 2.37. The molecule has 0 atom stereocenters. The number of H-pyrrole nitrogens is 1. The van der Waals surface area contributed by atoms with Crippen LogP contribution in [0, 0.1) is 6.92 Å². The molecule has 0 aliphatic carbocycles. The lowest BCUT2D eigenvalue weighted by Crippen LogP contribution is -2.36. The predicted molar refractivity (Wildman–Crippen MR) is 76.1 cm³/mol. The summed E-state index contributed by atoms with van der Waals surface area (Å²) in [6.07, 6.45) is 5.01. The molecule has 0 aliphatic rings. The SMILES string of the molecule is Cc1ccc(N(OCCCc2c[nH]cn2)C(N)=O)cc1. The molecule has 0 unspecified atom stereocenters. The zero-order valence-corrected chi connectivity index (χ0v) is 11.4. The molecule has 0 radical (unpaired) electrons. The number of aromatic nitrogens is 2. The smallest absolute Gasteiger partial charge is 0.343 e. The van der Waals surface area contributed by atoms with Crippen LogP contribution < -0.4 is 10.8 Å². The predicted octanol–water partition coefficient (Wildman–Crippen LogP) is 2.17. The summed E-state index contributed by atoms with van der Waals surface area (Å²) in [7, 11) is 0. The third-order valence-electron chi connectivity index (χ3n) is 2.82. The molecule has 6 heteroatoms. The van der Waals surface area contributed by atoms with Crippen LogP contribution in [0.1, 0.15) is 17.7 Å². The number of nitrogens with two attached hydrogens (primary N) is 1. The van der Waals surface area contributed by atoms with Gasteiger partial charge in [0.2, 0.25) is 0 Å². The van der Waals surface area contributed by atoms with Crippen molar-refractivity contribution in [2.24, 2.45) is 5.73 Å². The molecule has 0 fully saturated rings. The molecule has 0 aliphatic heterocycles. The van der Waals surface area contributed by atoms with Crippen LogP contribution in [0.5, 0.6) is 0 Å². The van der Waals surface area contributed by atoms with Gasteiger partial charge in [-0.3, -0.25) is 4.84 Å². The van der Waals surface area contributed by atoms with Crippen LogP contribution in [0.25, 0.3) is 0 Å². The second kappa shape index (κ2) is 6.72. The summed E-state index contributed by atoms with van der Waals surface area (Å²) in [5.41, 5.74) is 8.03. The van der Waals surface area contributed by atoms with Gasteiger partial charge in [0.25, 0.3) is 0 Å². The summed E-state index contributed by atoms with van der Waals surface area (Å²) in [4.78, 5) is 23.9. The van der Waals surface area contributed by atoms with Crippen molar-refractivity contribution in [3.63, 3.8) is 0 Å². The number of carbonyl (C=O) groups is 1. The Balaban J connectivity index is 1.86. The van der Waals surface area contributed by atoms with Gasteiger partial charge in [0.1, 0.15) is 0 Å². The lowest BCUT2D eigenvalue weighted by molar-refractivity contribution is 0.118. The molecule has 0 bridgehead atoms. The number of hydrogen-bond donors (Lipinski definition) is 2. The van der Waals surface area contributed by atoms with E-state index in [0.717, 1.165) is 29.2 Å². The van der Waals surface area contributed by atoms with E-state index in [1.807, 2.05) is 25.3 Å². The molecular weight excluding hydrogens is 256 g/mol. The van der Waals surface area contributed by atoms with Gasteiger partial charge in [0.15, 0.2) is 0 Å². The molecule has 6 nitrogen and oxygen atoms in total. The number of anilines is 1. The van der Waals surface area contributed by atoms with E-state index in [0.29, 0.717) is 12.3 Å². The zero-order valence-electron chi connectivity index (χ0n) is 11.4. The van der Waals surface area contributed by atoms with Gasteiger partial charge in [-0.05, 0) is 31.9 Å². The number of imidazole rings is 1. The van der Waals surface area contributed by atoms with Crippen molar-refractivity contribution in [2.45, 2.75) is 19.8 Å². The van der Waals surface area contributed by atoms with E-state index in [2.05, 4.69) is 9.97 Å². The van der Waals surface area contributed by atoms with Crippen LogP contribution in [-0.2, 0) is 11.3 Å². The molecule has 20 heavy (non-hydrogen) atoms. The van der Waals surface area contributed by atoms with Gasteiger partial charge in [-0.25, -0.2) is 9.78 Å². The molecule has 0 spiro atoms. The Hall–Kier alpha value is -2.34. The summed E-state index contributed by atoms with van der Waals surface area (Å²) in [5, 5.41) is 1.12. The van der Waals surface area contributed by atoms with Gasteiger partial charge in [0.05, 0.1) is 24.3 Å². The second-order valence-electron chi connectivity index (χ2n) is 4.47. The highest BCUT2D eigenvalue weighted by Gasteiger charge is 2.13. The number of hydroxylamine groups is 1. The van der Waals surface area contributed by atoms with E-state index < -0.39 is 6.03 Å². The highest BCUT2D eigenvalue weighted by molar-refractivity contribution is 5.88. The lowest BCUT2D eigenvalue weighted by atomic mass is 10.2. The number of benzene rings is 1. The number of rotatable bonds is 6. The Bertz CT molecular complexity index is 537. The van der Waals surface area contributed by atoms with E-state index in [9.17, 15) is 4.79 Å². The van der Waals surface area contributed by atoms with Gasteiger partial charge in [-0.15, -0.1) is 0 Å². The quantitative estimate of drug-likeness (QED) is 0.625. The summed E-state index contributed by atoms with van der Waals surface area (Å²) < 4.78 is 0. The Labute approximate surface area is 117 Å². The summed E-state index contributed by atoms with van der Waals surface area (Å²) in [6, 6.07) is 6.77. The lowest BCUT2D eigenvalue weighted by Gasteiger charge is -2.19. The molecule has 1 aromatic carbocycles. The maximum absolute atomic E-state index is 11.4. The van der Waals surface area contributed by atoms with Crippen molar-refractivity contribution in [3.8, 4) is 0 Å². The van der Waals surface area contributed by atoms with Crippen molar-refractivity contribution in [3.05, 3.63) is 48.0 Å². The van der Waals surface area contributed by atoms with E-state index in [-0.39, 0.29) is 0 Å². The maximum Gasteiger partial charge on any atom is 0.343 e. The van der Waals surface area contributed by atoms with Crippen LogP contribution in [0.15, 0.2) is 36.8 Å². The van der Waals surface area contributed by atoms with E-state index in [1.54, 1.807) is 18.5 Å². The van der Waals surface area contributed by atoms with Crippen molar-refractivity contribution >= 4 is 11.7 Å². The number of aromatic amines is 1. The average Bonchev–Trinajstić information content (AvgIpc) is 2.93. The third kappa shape index (κ3) is 3.83. The molecule has 1 aromatic heterocycles. The standard InChI is InChI=1S/C14H18N4O2/c1-11-4-6-13(7-5-11)18(14(15)19)20-8-2-3-12-9-16-10-17-12/h4-7,9-10H,2-3,8H2,1H3,(H2,15,19)(H,16,17). The highest BCUT2D eigenvalue weighted by Crippen LogP contribution is 2.15. The molecule has 3 N–H and O–H groups in total. The van der Waals surface area contributed by atoms with Gasteiger partial charge in [-0.1, -0.05) is 17.7 Å². The fourth-order valence-electron chi connectivity index (χ4n) is 1.78. The molecule has 1 heterocycles. The molecule has 106 valence electrons. The fourth-order valence-corrected chi connectivity index (χ4v) is 1.78. The van der Waals surface area contributed by atoms with Crippen LogP contribution in [-0.4, -0.2) is 22.6 Å². The fraction of sp³-hybridized carbons (Fsp3) is 0.286. The zero-order chi connectivity index (χ0) is 14.4. The summed E-state index contributed by atoms with van der Waals surface area (Å²) >= 11 is 0. The first kappa shape index (κ1) is 14.1. The normalized spacial score (nSPS) is 10.4. The maximum atomic E-state index is 11.4. The highest BCUT2D eigenvalue weighted by atomic mass is 16.7. The first-order valence-corrected chi connectivity index (χ1v) is 6.43. The van der Waals surface area contributed by atoms with Crippen LogP contribution in [0.3, 0.4) is 0 Å². The van der Waals surface area contributed by atoms with Gasteiger partial charge in [-0.2, -0.15) is 5.06 Å². The van der Waals surface area contributed by atoms with Gasteiger partial charge < -0.3 is 10.7 Å². The molecule has 0 saturated carbocycles. The minimum atomic E-state index is -0.631. The van der Waals surface area contributed by atoms with Crippen LogP contribution in [0.4, 0.5) is 10.5 Å². The molecule has 0 saturated heterocycles. The van der Waals surface area contributed by atoms with E-state index in [4.69, 9.17) is 10.6 Å². The molecule has 2 amide bonds. The monoisotopic (exact) mass is 274 g/mol. The largest absolute Gasteiger partial charge is 0.351 e. The number of nitrogens with one attached hydrogen (secondary N) is 1. The number of hydrogen-bond acceptors (Lipinski definition) is 3. The summed E-state index contributed by atoms with van der Waals surface area (Å²) in [5.74, 6) is 0. The molecule has 2 rings (SSSR count). The van der Waals surface area contributed by atoms with E-state index >= 15 is 0 Å². The topological polar surface area (TPSA) is 84.2 Å². The van der Waals surface area contributed by atoms with Crippen LogP contribution in [0.2, 0.25) is 0 Å². The van der Waals surface area contributed by atoms with Crippen molar-refractivity contribution in [1.82, 2.24) is 9.97 Å². The number of amides is 2. The minimum Gasteiger partial charge on any atom is -0.351 e. The number of urea groups is 1. The number of nitrogens with zero attached hydrogens (tertiary/aromatic N) is 2. The third-order valence-corrected chi connectivity index (χ3v) is 2.82. The Morgan fingerprint density at radius 3 is 2.75 bits per heavy atom. The van der Waals surface area contributed by atoms with E-state index in [1.165, 1.54) is 0 Å². The van der Waals surface area contributed by atoms with Crippen molar-refractivity contribution in [1.29, 1.82) is 0 Å². The Morgan fingerprint density at radius 1 is 1.40 bits per heavy atom. The molecular formula is C14H18N4O2. The Kier molecular flexibility index (Phi) is 4.73. The Morgan fingerprint density at radius 2 is 2.15 bits per heavy atom. The average molecular weight is 274 g/mol. The van der Waals surface area contributed by atoms with Crippen molar-refractivity contribution < 1.29 is 9.63 Å². The first-order valence-electron chi connectivity index (χ1n) is 6.43. The second-order valence-corrected chi connectivity index (χ2v) is 4.47. The van der Waals surface area contributed by atoms with Crippen molar-refractivity contribution in [2.75, 3.05) is 11.7 Å². The van der Waals surface area contributed by atoms with Gasteiger partial charge >= 0.3 is 6.03 Å². The minimum absolute atomic E-state index is 0.393. The number of aryl methyl sites for hydroxylation is 2. The molecule has 2 aromatic rings. The van der Waals surface area contributed by atoms with Crippen LogP contribution >= 0.6 is 0 Å². The number of carbonyl (C=O) groups excluding carboxylic acids is 1. The number of primary amides is 1.